The van der Waals surface area contributed by atoms with Gasteiger partial charge < -0.3 is 29.5 Å². The van der Waals surface area contributed by atoms with Gasteiger partial charge in [0.2, 0.25) is 0 Å². The predicted octanol–water partition coefficient (Wildman–Crippen LogP) is 6.78. The zero-order valence-electron chi connectivity index (χ0n) is 29.2. The molecule has 0 aromatic heterocycles. The van der Waals surface area contributed by atoms with E-state index in [-0.39, 0.29) is 75.5 Å². The zero-order valence-corrected chi connectivity index (χ0v) is 29.2. The van der Waals surface area contributed by atoms with E-state index >= 15 is 0 Å². The normalized spacial score (nSPS) is 49.7. The molecule has 8 unspecified atom stereocenters. The van der Waals surface area contributed by atoms with Gasteiger partial charge in [0.1, 0.15) is 12.2 Å². The Morgan fingerprint density at radius 1 is 1.02 bits per heavy atom. The highest BCUT2D eigenvalue weighted by Gasteiger charge is 2.84. The lowest BCUT2D eigenvalue weighted by atomic mass is 9.41. The lowest BCUT2D eigenvalue weighted by Gasteiger charge is -2.63. The number of carbonyl (C=O) groups is 2. The van der Waals surface area contributed by atoms with Crippen LogP contribution in [0.15, 0.2) is 0 Å². The molecule has 2 heterocycles. The molecule has 5 aliphatic carbocycles. The topological polar surface area (TPSA) is 97.3 Å². The molecule has 0 aromatic carbocycles. The summed E-state index contributed by atoms with van der Waals surface area (Å²) in [6.07, 6.45) is 7.98. The Hall–Kier alpha value is -1.54. The van der Waals surface area contributed by atoms with Crippen molar-refractivity contribution in [3.63, 3.8) is 0 Å². The third kappa shape index (κ3) is 4.15. The van der Waals surface area contributed by atoms with Crippen molar-refractivity contribution in [3.8, 4) is 0 Å². The van der Waals surface area contributed by atoms with E-state index in [4.69, 9.17) is 14.2 Å². The van der Waals surface area contributed by atoms with E-state index in [1.807, 2.05) is 11.8 Å². The van der Waals surface area contributed by atoms with Gasteiger partial charge in [0.25, 0.3) is 0 Å². The average molecular weight is 629 g/mol. The van der Waals surface area contributed by atoms with Crippen LogP contribution in [0.3, 0.4) is 0 Å². The second kappa shape index (κ2) is 10.5. The predicted molar refractivity (Wildman–Crippen MR) is 171 cm³/mol. The van der Waals surface area contributed by atoms with Crippen LogP contribution < -0.4 is 5.32 Å². The average Bonchev–Trinajstić information content (AvgIpc) is 3.57. The summed E-state index contributed by atoms with van der Waals surface area (Å²) in [5.74, 6) is 1.75. The Morgan fingerprint density at radius 2 is 1.71 bits per heavy atom. The Bertz CT molecular complexity index is 1200. The monoisotopic (exact) mass is 628 g/mol. The van der Waals surface area contributed by atoms with Crippen LogP contribution in [0.4, 0.5) is 9.59 Å². The van der Waals surface area contributed by atoms with Gasteiger partial charge in [-0.1, -0.05) is 48.5 Å². The maximum atomic E-state index is 12.9. The fraction of sp³-hybridized carbons (Fsp3) is 0.946. The number of aliphatic hydroxyl groups is 1. The molecule has 8 nitrogen and oxygen atoms in total. The molecule has 254 valence electrons. The number of nitrogens with one attached hydrogen (secondary N) is 1. The third-order valence-electron chi connectivity index (χ3n) is 15.7. The Labute approximate surface area is 271 Å². The molecular formula is C37H60N2O6. The van der Waals surface area contributed by atoms with Gasteiger partial charge >= 0.3 is 12.2 Å². The Morgan fingerprint density at radius 3 is 2.36 bits per heavy atom. The molecule has 2 saturated heterocycles. The molecule has 45 heavy (non-hydrogen) atoms. The third-order valence-corrected chi connectivity index (χ3v) is 15.7. The summed E-state index contributed by atoms with van der Waals surface area (Å²) in [6, 6.07) is 0. The summed E-state index contributed by atoms with van der Waals surface area (Å²) < 4.78 is 19.1. The van der Waals surface area contributed by atoms with Gasteiger partial charge in [-0.25, -0.2) is 9.59 Å². The summed E-state index contributed by atoms with van der Waals surface area (Å²) in [6.45, 7) is 20.3. The minimum absolute atomic E-state index is 0.0127. The molecule has 2 amide bonds. The highest BCUT2D eigenvalue weighted by atomic mass is 16.6. The molecule has 7 aliphatic rings. The highest BCUT2D eigenvalue weighted by Crippen LogP contribution is 2.89. The molecular weight excluding hydrogens is 568 g/mol. The summed E-state index contributed by atoms with van der Waals surface area (Å²) >= 11 is 0. The molecule has 2 N–H and O–H groups in total. The molecule has 7 rings (SSSR count). The summed E-state index contributed by atoms with van der Waals surface area (Å²) in [4.78, 5) is 27.2. The Kier molecular flexibility index (Phi) is 7.46. The second-order valence-electron chi connectivity index (χ2n) is 17.9. The van der Waals surface area contributed by atoms with Gasteiger partial charge in [0.15, 0.2) is 0 Å². The van der Waals surface area contributed by atoms with E-state index in [0.717, 1.165) is 58.0 Å². The number of rotatable bonds is 5. The van der Waals surface area contributed by atoms with Gasteiger partial charge in [-0.2, -0.15) is 0 Å². The van der Waals surface area contributed by atoms with Gasteiger partial charge in [0, 0.05) is 30.5 Å². The van der Waals surface area contributed by atoms with Crippen molar-refractivity contribution in [2.45, 2.75) is 144 Å². The van der Waals surface area contributed by atoms with Crippen molar-refractivity contribution in [1.29, 1.82) is 0 Å². The van der Waals surface area contributed by atoms with Crippen LogP contribution >= 0.6 is 0 Å². The minimum Gasteiger partial charge on any atom is -0.446 e. The lowest BCUT2D eigenvalue weighted by molar-refractivity contribution is -0.185. The van der Waals surface area contributed by atoms with Crippen LogP contribution in [0.5, 0.6) is 0 Å². The fourth-order valence-corrected chi connectivity index (χ4v) is 13.4. The van der Waals surface area contributed by atoms with Crippen LogP contribution in [0.25, 0.3) is 0 Å². The van der Waals surface area contributed by atoms with E-state index in [9.17, 15) is 14.7 Å². The number of aliphatic hydroxyl groups excluding tert-OH is 1. The molecule has 2 aliphatic heterocycles. The molecule has 8 heteroatoms. The molecule has 5 saturated carbocycles. The van der Waals surface area contributed by atoms with Crippen molar-refractivity contribution in [2.75, 3.05) is 19.6 Å². The van der Waals surface area contributed by atoms with Crippen molar-refractivity contribution >= 4 is 12.2 Å². The maximum absolute atomic E-state index is 12.9. The van der Waals surface area contributed by atoms with Crippen LogP contribution in [-0.4, -0.2) is 72.3 Å². The number of likely N-dealkylation sites (tertiary alicyclic amines) is 1. The second-order valence-corrected chi connectivity index (χ2v) is 17.9. The van der Waals surface area contributed by atoms with Gasteiger partial charge in [-0.3, -0.25) is 0 Å². The number of hydrogen-bond donors (Lipinski definition) is 2. The summed E-state index contributed by atoms with van der Waals surface area (Å²) in [5.41, 5.74) is 0.234. The standard InChI is InChI=1S/C37H60N2O6/c1-9-38-31(41)45-28(21(2)3)23-19-22(4)27-29(43-23)30(40)35(8)25-12-11-24-33(5,6)26(44-32(42)39-17-10-18-39)13-14-36(24)20-37(25,36)16-15-34(27,35)7/h21-30,40H,9-20H2,1-8H3,(H,38,41)/t22-,23?,24+,25?,26?,27+,28?,29?,30+,34?,35-,36?,37?/m1/s1. The molecule has 0 bridgehead atoms. The lowest BCUT2D eigenvalue weighted by Crippen LogP contribution is -2.60. The minimum atomic E-state index is -0.548. The van der Waals surface area contributed by atoms with Gasteiger partial charge in [-0.15, -0.1) is 0 Å². The van der Waals surface area contributed by atoms with Crippen LogP contribution in [-0.2, 0) is 14.2 Å². The first kappa shape index (κ1) is 32.0. The van der Waals surface area contributed by atoms with Crippen LogP contribution in [0, 0.1) is 56.7 Å². The van der Waals surface area contributed by atoms with E-state index in [2.05, 4.69) is 53.8 Å². The Balaban J connectivity index is 1.14. The zero-order chi connectivity index (χ0) is 32.3. The van der Waals surface area contributed by atoms with Crippen LogP contribution in [0.2, 0.25) is 0 Å². The van der Waals surface area contributed by atoms with Crippen molar-refractivity contribution in [1.82, 2.24) is 10.2 Å². The SMILES string of the molecule is CCNC(=O)OC(C(C)C)C1C[C@@H](C)[C@H]2C(O1)[C@H](O)[C@@]1(C)C3CC[C@H]4C(C)(C)C(OC(=O)N5CCC5)CCC45CC35CCC21C. The van der Waals surface area contributed by atoms with Gasteiger partial charge in [0.05, 0.1) is 18.3 Å². The first-order valence-electron chi connectivity index (χ1n) is 18.4. The van der Waals surface area contributed by atoms with Crippen molar-refractivity contribution in [2.24, 2.45) is 56.7 Å². The smallest absolute Gasteiger partial charge is 0.410 e. The van der Waals surface area contributed by atoms with E-state index in [0.29, 0.717) is 24.3 Å². The van der Waals surface area contributed by atoms with E-state index in [1.165, 1.54) is 12.8 Å². The fourth-order valence-electron chi connectivity index (χ4n) is 13.4. The molecule has 7 fully saturated rings. The molecule has 2 spiro atoms. The van der Waals surface area contributed by atoms with Crippen molar-refractivity contribution < 1.29 is 28.9 Å². The molecule has 13 atom stereocenters. The van der Waals surface area contributed by atoms with E-state index < -0.39 is 6.10 Å². The first-order chi connectivity index (χ1) is 21.2. The summed E-state index contributed by atoms with van der Waals surface area (Å²) in [7, 11) is 0. The number of amides is 2. The van der Waals surface area contributed by atoms with Crippen molar-refractivity contribution in [3.05, 3.63) is 0 Å². The first-order valence-corrected chi connectivity index (χ1v) is 18.4. The number of nitrogens with zero attached hydrogens (tertiary/aromatic N) is 1. The number of carbonyl (C=O) groups excluding carboxylic acids is 2. The number of alkyl carbamates (subject to hydrolysis) is 1. The number of ether oxygens (including phenoxy) is 3. The number of fused-ring (bicyclic) bond motifs is 4. The quantitative estimate of drug-likeness (QED) is 0.348. The summed E-state index contributed by atoms with van der Waals surface area (Å²) in [5, 5.41) is 15.3. The maximum Gasteiger partial charge on any atom is 0.410 e. The highest BCUT2D eigenvalue weighted by molar-refractivity contribution is 5.68. The number of hydrogen-bond acceptors (Lipinski definition) is 6. The largest absolute Gasteiger partial charge is 0.446 e. The molecule has 0 radical (unpaired) electrons. The van der Waals surface area contributed by atoms with Crippen LogP contribution in [0.1, 0.15) is 113 Å². The van der Waals surface area contributed by atoms with Gasteiger partial charge in [-0.05, 0) is 111 Å². The molecule has 0 aromatic rings. The van der Waals surface area contributed by atoms with E-state index in [1.54, 1.807) is 0 Å².